The molecule has 2 atom stereocenters. The fourth-order valence-corrected chi connectivity index (χ4v) is 5.45. The standard InChI is InChI=1S/C17H22N6S/c1-2-5-13-11-22(10-12(13)4-1)17-19-20-21-23(17)9-8-16-18-14-6-3-7-15(14)24-16/h1-2,12-13H,3-11H2/t12-,13+. The number of rotatable bonds is 4. The largest absolute Gasteiger partial charge is 0.339 e. The van der Waals surface area contributed by atoms with Gasteiger partial charge in [-0.2, -0.15) is 0 Å². The summed E-state index contributed by atoms with van der Waals surface area (Å²) in [5.41, 5.74) is 1.34. The second-order valence-corrected chi connectivity index (χ2v) is 8.32. The van der Waals surface area contributed by atoms with E-state index in [1.54, 1.807) is 0 Å². The summed E-state index contributed by atoms with van der Waals surface area (Å²) in [4.78, 5) is 8.67. The second-order valence-electron chi connectivity index (χ2n) is 7.15. The summed E-state index contributed by atoms with van der Waals surface area (Å²) in [6.45, 7) is 2.99. The molecule has 1 aliphatic heterocycles. The number of anilines is 1. The molecule has 3 aliphatic rings. The van der Waals surface area contributed by atoms with Crippen molar-refractivity contribution in [2.75, 3.05) is 18.0 Å². The second kappa shape index (κ2) is 5.95. The predicted octanol–water partition coefficient (Wildman–Crippen LogP) is 2.26. The van der Waals surface area contributed by atoms with Crippen LogP contribution < -0.4 is 4.90 Å². The number of nitrogens with zero attached hydrogens (tertiary/aromatic N) is 6. The molecule has 1 saturated heterocycles. The molecule has 1 fully saturated rings. The molecule has 3 heterocycles. The smallest absolute Gasteiger partial charge is 0.245 e. The zero-order chi connectivity index (χ0) is 15.9. The van der Waals surface area contributed by atoms with Gasteiger partial charge in [0.2, 0.25) is 5.95 Å². The Kier molecular flexibility index (Phi) is 3.61. The van der Waals surface area contributed by atoms with E-state index < -0.39 is 0 Å². The summed E-state index contributed by atoms with van der Waals surface area (Å²) >= 11 is 1.88. The molecular formula is C17H22N6S. The van der Waals surface area contributed by atoms with Crippen LogP contribution in [-0.2, 0) is 25.8 Å². The lowest BCUT2D eigenvalue weighted by Crippen LogP contribution is -2.24. The highest BCUT2D eigenvalue weighted by molar-refractivity contribution is 7.11. The average Bonchev–Trinajstić information content (AvgIpc) is 3.33. The topological polar surface area (TPSA) is 59.7 Å². The van der Waals surface area contributed by atoms with Crippen molar-refractivity contribution in [2.24, 2.45) is 11.8 Å². The monoisotopic (exact) mass is 342 g/mol. The maximum atomic E-state index is 4.79. The Bertz CT molecular complexity index is 725. The molecule has 0 unspecified atom stereocenters. The Morgan fingerprint density at radius 2 is 1.96 bits per heavy atom. The highest BCUT2D eigenvalue weighted by Crippen LogP contribution is 2.34. The van der Waals surface area contributed by atoms with Crippen LogP contribution in [-0.4, -0.2) is 38.3 Å². The maximum absolute atomic E-state index is 4.79. The van der Waals surface area contributed by atoms with Crippen LogP contribution in [0.25, 0.3) is 0 Å². The fourth-order valence-electron chi connectivity index (χ4n) is 4.30. The molecule has 0 aromatic carbocycles. The van der Waals surface area contributed by atoms with Crippen LogP contribution in [0.4, 0.5) is 5.95 Å². The van der Waals surface area contributed by atoms with E-state index in [9.17, 15) is 0 Å². The van der Waals surface area contributed by atoms with Gasteiger partial charge >= 0.3 is 0 Å². The van der Waals surface area contributed by atoms with E-state index in [-0.39, 0.29) is 0 Å². The van der Waals surface area contributed by atoms with Gasteiger partial charge in [-0.15, -0.1) is 11.3 Å². The zero-order valence-corrected chi connectivity index (χ0v) is 14.6. The summed E-state index contributed by atoms with van der Waals surface area (Å²) < 4.78 is 1.97. The minimum absolute atomic E-state index is 0.766. The van der Waals surface area contributed by atoms with Gasteiger partial charge in [0.15, 0.2) is 0 Å². The fraction of sp³-hybridized carbons (Fsp3) is 0.647. The lowest BCUT2D eigenvalue weighted by atomic mass is 9.86. The first-order chi connectivity index (χ1) is 11.9. The van der Waals surface area contributed by atoms with Gasteiger partial charge in [0.1, 0.15) is 0 Å². The molecule has 0 amide bonds. The molecule has 126 valence electrons. The van der Waals surface area contributed by atoms with E-state index in [2.05, 4.69) is 32.6 Å². The highest BCUT2D eigenvalue weighted by atomic mass is 32.1. The summed E-state index contributed by atoms with van der Waals surface area (Å²) in [6, 6.07) is 0. The molecule has 0 spiro atoms. The molecule has 2 aliphatic carbocycles. The molecule has 6 nitrogen and oxygen atoms in total. The van der Waals surface area contributed by atoms with Crippen molar-refractivity contribution in [1.82, 2.24) is 25.2 Å². The van der Waals surface area contributed by atoms with Gasteiger partial charge in [-0.3, -0.25) is 0 Å². The first kappa shape index (κ1) is 14.6. The van der Waals surface area contributed by atoms with Crippen LogP contribution in [0.2, 0.25) is 0 Å². The number of thiazole rings is 1. The molecule has 24 heavy (non-hydrogen) atoms. The van der Waals surface area contributed by atoms with Crippen LogP contribution in [0.1, 0.15) is 34.8 Å². The lowest BCUT2D eigenvalue weighted by Gasteiger charge is -2.17. The Balaban J connectivity index is 1.27. The number of hydrogen-bond acceptors (Lipinski definition) is 6. The van der Waals surface area contributed by atoms with Crippen LogP contribution in [0, 0.1) is 11.8 Å². The Hall–Kier alpha value is -1.76. The van der Waals surface area contributed by atoms with Gasteiger partial charge in [0.05, 0.1) is 17.2 Å². The quantitative estimate of drug-likeness (QED) is 0.798. The van der Waals surface area contributed by atoms with Crippen LogP contribution in [0.15, 0.2) is 12.2 Å². The van der Waals surface area contributed by atoms with Gasteiger partial charge < -0.3 is 4.90 Å². The van der Waals surface area contributed by atoms with Gasteiger partial charge in [0, 0.05) is 24.4 Å². The van der Waals surface area contributed by atoms with E-state index in [1.165, 1.54) is 41.3 Å². The summed E-state index contributed by atoms with van der Waals surface area (Å²) in [5, 5.41) is 13.7. The predicted molar refractivity (Wildman–Crippen MR) is 93.2 cm³/mol. The molecule has 0 bridgehead atoms. The van der Waals surface area contributed by atoms with Crippen molar-refractivity contribution < 1.29 is 0 Å². The van der Waals surface area contributed by atoms with Crippen molar-refractivity contribution in [2.45, 2.75) is 45.1 Å². The molecule has 7 heteroatoms. The third-order valence-corrected chi connectivity index (χ3v) is 6.81. The average molecular weight is 342 g/mol. The number of tetrazole rings is 1. The van der Waals surface area contributed by atoms with Gasteiger partial charge in [-0.1, -0.05) is 17.3 Å². The van der Waals surface area contributed by atoms with Crippen molar-refractivity contribution in [3.63, 3.8) is 0 Å². The molecular weight excluding hydrogens is 320 g/mol. The van der Waals surface area contributed by atoms with Crippen molar-refractivity contribution >= 4 is 17.3 Å². The molecule has 0 N–H and O–H groups in total. The van der Waals surface area contributed by atoms with Crippen LogP contribution >= 0.6 is 11.3 Å². The minimum Gasteiger partial charge on any atom is -0.339 e. The number of allylic oxidation sites excluding steroid dienone is 2. The van der Waals surface area contributed by atoms with Crippen molar-refractivity contribution in [3.05, 3.63) is 27.7 Å². The van der Waals surface area contributed by atoms with Crippen molar-refractivity contribution in [3.8, 4) is 0 Å². The first-order valence-corrected chi connectivity index (χ1v) is 9.82. The SMILES string of the molecule is C1=CC[C@H]2CN(c3nnnn3CCc3nc4c(s3)CCC4)C[C@H]2C1. The number of hydrogen-bond donors (Lipinski definition) is 0. The molecule has 5 rings (SSSR count). The normalized spacial score (nSPS) is 25.2. The van der Waals surface area contributed by atoms with Gasteiger partial charge in [-0.05, 0) is 54.4 Å². The minimum atomic E-state index is 0.766. The summed E-state index contributed by atoms with van der Waals surface area (Å²) in [7, 11) is 0. The first-order valence-electron chi connectivity index (χ1n) is 9.00. The third-order valence-electron chi connectivity index (χ3n) is 5.59. The van der Waals surface area contributed by atoms with Crippen LogP contribution in [0.5, 0.6) is 0 Å². The van der Waals surface area contributed by atoms with Gasteiger partial charge in [0.25, 0.3) is 0 Å². The van der Waals surface area contributed by atoms with Crippen molar-refractivity contribution in [1.29, 1.82) is 0 Å². The summed E-state index contributed by atoms with van der Waals surface area (Å²) in [5.74, 6) is 2.47. The van der Waals surface area contributed by atoms with Gasteiger partial charge in [-0.25, -0.2) is 9.67 Å². The van der Waals surface area contributed by atoms with E-state index >= 15 is 0 Å². The van der Waals surface area contributed by atoms with E-state index in [4.69, 9.17) is 4.98 Å². The zero-order valence-electron chi connectivity index (χ0n) is 13.8. The van der Waals surface area contributed by atoms with E-state index in [0.29, 0.717) is 0 Å². The Morgan fingerprint density at radius 1 is 1.12 bits per heavy atom. The number of aryl methyl sites for hydroxylation is 4. The van der Waals surface area contributed by atoms with E-state index in [1.807, 2.05) is 16.0 Å². The Labute approximate surface area is 145 Å². The Morgan fingerprint density at radius 3 is 2.75 bits per heavy atom. The molecule has 2 aromatic heterocycles. The molecule has 0 saturated carbocycles. The molecule has 2 aromatic rings. The summed E-state index contributed by atoms with van der Waals surface area (Å²) in [6.07, 6.45) is 11.6. The maximum Gasteiger partial charge on any atom is 0.245 e. The van der Waals surface area contributed by atoms with Crippen LogP contribution in [0.3, 0.4) is 0 Å². The third kappa shape index (κ3) is 2.55. The molecule has 0 radical (unpaired) electrons. The lowest BCUT2D eigenvalue weighted by molar-refractivity contribution is 0.411. The number of aromatic nitrogens is 5. The number of fused-ring (bicyclic) bond motifs is 2. The van der Waals surface area contributed by atoms with E-state index in [0.717, 1.165) is 50.3 Å². The highest BCUT2D eigenvalue weighted by Gasteiger charge is 2.35.